The van der Waals surface area contributed by atoms with Crippen molar-refractivity contribution in [2.75, 3.05) is 18.5 Å². The first-order valence-corrected chi connectivity index (χ1v) is 6.97. The Morgan fingerprint density at radius 2 is 2.05 bits per heavy atom. The minimum atomic E-state index is -0.0216. The van der Waals surface area contributed by atoms with Crippen LogP contribution in [0.3, 0.4) is 0 Å². The van der Waals surface area contributed by atoms with Crippen LogP contribution in [0.15, 0.2) is 42.5 Å². The molecule has 1 aromatic rings. The number of ether oxygens (including phenoxy) is 1. The number of benzene rings is 1. The van der Waals surface area contributed by atoms with Gasteiger partial charge in [0.05, 0.1) is 5.92 Å². The molecule has 2 aliphatic carbocycles. The highest BCUT2D eigenvalue weighted by molar-refractivity contribution is 5.74. The van der Waals surface area contributed by atoms with Gasteiger partial charge < -0.3 is 10.1 Å². The first-order valence-electron chi connectivity index (χ1n) is 6.97. The highest BCUT2D eigenvalue weighted by atomic mass is 16.5. The number of carbonyl (C=O) groups excluding carboxylic acids is 1. The first kappa shape index (κ1) is 12.3. The standard InChI is InChI=1S/C16H19NO2/c18-16(15-11-12-6-7-13(15)10-12)19-9-8-17-14-4-2-1-3-5-14/h1-7,12-13,15,17H,8-11H2. The van der Waals surface area contributed by atoms with E-state index in [1.807, 2.05) is 30.3 Å². The van der Waals surface area contributed by atoms with Gasteiger partial charge in [-0.1, -0.05) is 30.4 Å². The molecule has 3 nitrogen and oxygen atoms in total. The summed E-state index contributed by atoms with van der Waals surface area (Å²) in [7, 11) is 0. The molecule has 1 saturated carbocycles. The van der Waals surface area contributed by atoms with E-state index >= 15 is 0 Å². The Kier molecular flexibility index (Phi) is 3.53. The van der Waals surface area contributed by atoms with E-state index in [4.69, 9.17) is 4.74 Å². The molecule has 0 heterocycles. The van der Waals surface area contributed by atoms with E-state index < -0.39 is 0 Å². The van der Waals surface area contributed by atoms with Crippen LogP contribution in [0.1, 0.15) is 12.8 Å². The van der Waals surface area contributed by atoms with Crippen LogP contribution < -0.4 is 5.32 Å². The number of fused-ring (bicyclic) bond motifs is 2. The third kappa shape index (κ3) is 2.80. The van der Waals surface area contributed by atoms with E-state index in [9.17, 15) is 4.79 Å². The Labute approximate surface area is 113 Å². The fraction of sp³-hybridized carbons (Fsp3) is 0.438. The van der Waals surface area contributed by atoms with Gasteiger partial charge in [0.25, 0.3) is 0 Å². The van der Waals surface area contributed by atoms with E-state index in [0.29, 0.717) is 25.0 Å². The second-order valence-electron chi connectivity index (χ2n) is 5.35. The topological polar surface area (TPSA) is 38.3 Å². The van der Waals surface area contributed by atoms with E-state index in [-0.39, 0.29) is 11.9 Å². The molecule has 0 aliphatic heterocycles. The quantitative estimate of drug-likeness (QED) is 0.501. The Morgan fingerprint density at radius 3 is 2.74 bits per heavy atom. The van der Waals surface area contributed by atoms with Crippen LogP contribution in [-0.2, 0) is 9.53 Å². The van der Waals surface area contributed by atoms with Crippen molar-refractivity contribution in [3.05, 3.63) is 42.5 Å². The summed E-state index contributed by atoms with van der Waals surface area (Å²) in [5.74, 6) is 1.13. The molecule has 2 aliphatic rings. The molecule has 3 unspecified atom stereocenters. The molecule has 0 saturated heterocycles. The van der Waals surface area contributed by atoms with Crippen LogP contribution >= 0.6 is 0 Å². The summed E-state index contributed by atoms with van der Waals surface area (Å²) in [6.07, 6.45) is 6.54. The smallest absolute Gasteiger partial charge is 0.309 e. The third-order valence-corrected chi connectivity index (χ3v) is 4.03. The zero-order valence-corrected chi connectivity index (χ0v) is 10.9. The number of allylic oxidation sites excluding steroid dienone is 2. The fourth-order valence-electron chi connectivity index (χ4n) is 3.06. The van der Waals surface area contributed by atoms with E-state index in [2.05, 4.69) is 17.5 Å². The minimum absolute atomic E-state index is 0.0216. The maximum absolute atomic E-state index is 12.0. The van der Waals surface area contributed by atoms with Crippen LogP contribution in [0.25, 0.3) is 0 Å². The average Bonchev–Trinajstić information content (AvgIpc) is 3.07. The van der Waals surface area contributed by atoms with Gasteiger partial charge in [0.15, 0.2) is 0 Å². The lowest BCUT2D eigenvalue weighted by Crippen LogP contribution is -2.23. The van der Waals surface area contributed by atoms with Gasteiger partial charge in [-0.15, -0.1) is 0 Å². The molecule has 3 heteroatoms. The van der Waals surface area contributed by atoms with Crippen LogP contribution in [-0.4, -0.2) is 19.1 Å². The lowest BCUT2D eigenvalue weighted by molar-refractivity contribution is -0.149. The molecule has 2 bridgehead atoms. The lowest BCUT2D eigenvalue weighted by atomic mass is 9.94. The second-order valence-corrected chi connectivity index (χ2v) is 5.35. The molecule has 0 spiro atoms. The third-order valence-electron chi connectivity index (χ3n) is 4.03. The van der Waals surface area contributed by atoms with Crippen LogP contribution in [0.4, 0.5) is 5.69 Å². The second kappa shape index (κ2) is 5.47. The number of para-hydroxylation sites is 1. The molecule has 3 rings (SSSR count). The monoisotopic (exact) mass is 257 g/mol. The minimum Gasteiger partial charge on any atom is -0.464 e. The van der Waals surface area contributed by atoms with Gasteiger partial charge in [-0.25, -0.2) is 0 Å². The van der Waals surface area contributed by atoms with Crippen molar-refractivity contribution < 1.29 is 9.53 Å². The van der Waals surface area contributed by atoms with Gasteiger partial charge in [0.2, 0.25) is 0 Å². The van der Waals surface area contributed by atoms with Crippen molar-refractivity contribution in [2.45, 2.75) is 12.8 Å². The summed E-state index contributed by atoms with van der Waals surface area (Å²) in [4.78, 5) is 12.0. The van der Waals surface area contributed by atoms with E-state index in [1.165, 1.54) is 0 Å². The summed E-state index contributed by atoms with van der Waals surface area (Å²) in [5, 5.41) is 3.23. The lowest BCUT2D eigenvalue weighted by Gasteiger charge is -2.16. The largest absolute Gasteiger partial charge is 0.464 e. The Hall–Kier alpha value is -1.77. The van der Waals surface area contributed by atoms with Crippen molar-refractivity contribution in [3.63, 3.8) is 0 Å². The molecule has 1 aromatic carbocycles. The van der Waals surface area contributed by atoms with E-state index in [0.717, 1.165) is 18.5 Å². The fourth-order valence-corrected chi connectivity index (χ4v) is 3.06. The molecular weight excluding hydrogens is 238 g/mol. The molecule has 0 radical (unpaired) electrons. The Balaban J connectivity index is 1.39. The maximum atomic E-state index is 12.0. The first-order chi connectivity index (χ1) is 9.33. The SMILES string of the molecule is O=C(OCCNc1ccccc1)C1CC2C=CC1C2. The molecule has 19 heavy (non-hydrogen) atoms. The van der Waals surface area contributed by atoms with Crippen molar-refractivity contribution in [1.82, 2.24) is 0 Å². The zero-order chi connectivity index (χ0) is 13.1. The van der Waals surface area contributed by atoms with Crippen molar-refractivity contribution >= 4 is 11.7 Å². The number of hydrogen-bond donors (Lipinski definition) is 1. The molecule has 1 N–H and O–H groups in total. The van der Waals surface area contributed by atoms with E-state index in [1.54, 1.807) is 0 Å². The van der Waals surface area contributed by atoms with Crippen LogP contribution in [0.5, 0.6) is 0 Å². The van der Waals surface area contributed by atoms with Gasteiger partial charge in [-0.3, -0.25) is 4.79 Å². The number of nitrogens with one attached hydrogen (secondary N) is 1. The molecule has 100 valence electrons. The number of esters is 1. The number of rotatable bonds is 5. The van der Waals surface area contributed by atoms with Gasteiger partial charge in [-0.2, -0.15) is 0 Å². The maximum Gasteiger partial charge on any atom is 0.309 e. The number of anilines is 1. The molecular formula is C16H19NO2. The van der Waals surface area contributed by atoms with Gasteiger partial charge in [-0.05, 0) is 36.8 Å². The highest BCUT2D eigenvalue weighted by Crippen LogP contribution is 2.43. The van der Waals surface area contributed by atoms with Crippen molar-refractivity contribution in [2.24, 2.45) is 17.8 Å². The summed E-state index contributed by atoms with van der Waals surface area (Å²) in [5.41, 5.74) is 1.06. The summed E-state index contributed by atoms with van der Waals surface area (Å²) < 4.78 is 5.36. The van der Waals surface area contributed by atoms with Crippen LogP contribution in [0.2, 0.25) is 0 Å². The predicted molar refractivity (Wildman–Crippen MR) is 74.7 cm³/mol. The normalized spacial score (nSPS) is 27.5. The average molecular weight is 257 g/mol. The van der Waals surface area contributed by atoms with Gasteiger partial charge in [0, 0.05) is 12.2 Å². The number of hydrogen-bond acceptors (Lipinski definition) is 3. The van der Waals surface area contributed by atoms with Gasteiger partial charge >= 0.3 is 5.97 Å². The van der Waals surface area contributed by atoms with Crippen LogP contribution in [0, 0.1) is 17.8 Å². The van der Waals surface area contributed by atoms with Crippen molar-refractivity contribution in [3.8, 4) is 0 Å². The molecule has 1 fully saturated rings. The Morgan fingerprint density at radius 1 is 1.21 bits per heavy atom. The predicted octanol–water partition coefficient (Wildman–Crippen LogP) is 2.85. The summed E-state index contributed by atoms with van der Waals surface area (Å²) in [6.45, 7) is 1.09. The summed E-state index contributed by atoms with van der Waals surface area (Å²) >= 11 is 0. The zero-order valence-electron chi connectivity index (χ0n) is 10.9. The van der Waals surface area contributed by atoms with Gasteiger partial charge in [0.1, 0.15) is 6.61 Å². The Bertz CT molecular complexity index is 469. The summed E-state index contributed by atoms with van der Waals surface area (Å²) in [6, 6.07) is 9.95. The molecule has 0 amide bonds. The highest BCUT2D eigenvalue weighted by Gasteiger charge is 2.40. The molecule has 3 atom stereocenters. The van der Waals surface area contributed by atoms with Crippen molar-refractivity contribution in [1.29, 1.82) is 0 Å². The molecule has 0 aromatic heterocycles. The number of carbonyl (C=O) groups is 1.